The van der Waals surface area contributed by atoms with E-state index in [0.717, 1.165) is 0 Å². The van der Waals surface area contributed by atoms with E-state index in [0.29, 0.717) is 0 Å². The van der Waals surface area contributed by atoms with Crippen LogP contribution in [-0.4, -0.2) is 11.1 Å². The fourth-order valence-corrected chi connectivity index (χ4v) is 14.2. The van der Waals surface area contributed by atoms with Gasteiger partial charge in [0.15, 0.2) is 0 Å². The number of hydrogen-bond donors (Lipinski definition) is 0. The first-order chi connectivity index (χ1) is 33.4. The molecule has 70 heavy (non-hydrogen) atoms. The molecule has 0 bridgehead atoms. The quantitative estimate of drug-likeness (QED) is 0.160. The molecule has 8 aromatic carbocycles. The van der Waals surface area contributed by atoms with Gasteiger partial charge in [0.2, 0.25) is 0 Å². The number of anilines is 6. The van der Waals surface area contributed by atoms with Crippen LogP contribution >= 0.6 is 11.3 Å². The van der Waals surface area contributed by atoms with Gasteiger partial charge in [0.25, 0.3) is 6.71 Å². The smallest absolute Gasteiger partial charge is 0.264 e. The summed E-state index contributed by atoms with van der Waals surface area (Å²) < 4.78 is 5.35. The maximum Gasteiger partial charge on any atom is 0.264 e. The number of fused-ring (bicyclic) bond motifs is 16. The van der Waals surface area contributed by atoms with Crippen molar-refractivity contribution in [3.8, 4) is 11.1 Å². The molecular formula is C65H58BN3S. The van der Waals surface area contributed by atoms with Gasteiger partial charge in [0.1, 0.15) is 0 Å². The molecule has 5 heterocycles. The third kappa shape index (κ3) is 5.53. The lowest BCUT2D eigenvalue weighted by Crippen LogP contribution is -2.60. The Morgan fingerprint density at radius 2 is 1.07 bits per heavy atom. The Bertz CT molecular complexity index is 4030. The second-order valence-electron chi connectivity index (χ2n) is 24.2. The van der Waals surface area contributed by atoms with Crippen LogP contribution in [0.15, 0.2) is 152 Å². The van der Waals surface area contributed by atoms with E-state index in [1.54, 1.807) is 0 Å². The number of nitrogens with zero attached hydrogens (tertiary/aromatic N) is 3. The number of benzene rings is 8. The third-order valence-corrected chi connectivity index (χ3v) is 17.8. The Labute approximate surface area is 416 Å². The van der Waals surface area contributed by atoms with Gasteiger partial charge < -0.3 is 14.2 Å². The predicted molar refractivity (Wildman–Crippen MR) is 304 cm³/mol. The van der Waals surface area contributed by atoms with Gasteiger partial charge in [0, 0.05) is 64.6 Å². The number of hydrogen-bond acceptors (Lipinski definition) is 3. The highest BCUT2D eigenvalue weighted by atomic mass is 32.1. The Hall–Kier alpha value is -6.82. The lowest BCUT2D eigenvalue weighted by Gasteiger charge is -2.44. The van der Waals surface area contributed by atoms with Crippen molar-refractivity contribution in [2.75, 3.05) is 9.80 Å². The van der Waals surface area contributed by atoms with Crippen molar-refractivity contribution < 1.29 is 0 Å². The zero-order valence-corrected chi connectivity index (χ0v) is 43.1. The molecule has 0 saturated heterocycles. The summed E-state index contributed by atoms with van der Waals surface area (Å²) in [6.07, 6.45) is 0. The molecule has 1 aliphatic carbocycles. The Morgan fingerprint density at radius 1 is 0.471 bits per heavy atom. The minimum Gasteiger partial charge on any atom is -0.311 e. The van der Waals surface area contributed by atoms with Crippen LogP contribution in [0.25, 0.3) is 59.3 Å². The van der Waals surface area contributed by atoms with Crippen molar-refractivity contribution in [1.29, 1.82) is 0 Å². The molecule has 5 heteroatoms. The first-order valence-corrected chi connectivity index (χ1v) is 26.1. The van der Waals surface area contributed by atoms with Crippen LogP contribution in [0, 0.1) is 0 Å². The number of thiophene rings is 1. The van der Waals surface area contributed by atoms with E-state index in [9.17, 15) is 0 Å². The summed E-state index contributed by atoms with van der Waals surface area (Å²) in [5.41, 5.74) is 23.4. The lowest BCUT2D eigenvalue weighted by atomic mass is 9.36. The molecule has 11 aromatic rings. The molecule has 2 aliphatic heterocycles. The molecular weight excluding hydrogens is 866 g/mol. The van der Waals surface area contributed by atoms with Gasteiger partial charge in [-0.05, 0) is 121 Å². The average Bonchev–Trinajstić information content (AvgIpc) is 4.04. The second-order valence-corrected chi connectivity index (χ2v) is 25.3. The van der Waals surface area contributed by atoms with Gasteiger partial charge >= 0.3 is 0 Å². The zero-order valence-electron chi connectivity index (χ0n) is 42.3. The third-order valence-electron chi connectivity index (χ3n) is 16.6. The van der Waals surface area contributed by atoms with Gasteiger partial charge in [-0.2, -0.15) is 0 Å². The summed E-state index contributed by atoms with van der Waals surface area (Å²) in [5.74, 6) is 0. The second kappa shape index (κ2) is 13.7. The molecule has 3 aromatic heterocycles. The molecule has 0 N–H and O–H groups in total. The van der Waals surface area contributed by atoms with Crippen molar-refractivity contribution in [3.05, 3.63) is 179 Å². The van der Waals surface area contributed by atoms with E-state index in [2.05, 4.69) is 242 Å². The predicted octanol–water partition coefficient (Wildman–Crippen LogP) is 16.3. The summed E-state index contributed by atoms with van der Waals surface area (Å²) >= 11 is 2.02. The SMILES string of the molecule is CC(C)(C)c1ccc(N2c3cc4c(c5c3B(c3cc(C(C)(C)C)ccc3N5c3ccc(C(C)(C)C)cc3)c3sc5cc6c(cc5c32)-c2ccccc2C6(C)C)c2cccc3c5ccccc5n4c32)cc1. The first kappa shape index (κ1) is 42.1. The van der Waals surface area contributed by atoms with Gasteiger partial charge in [0.05, 0.1) is 27.9 Å². The molecule has 0 spiro atoms. The topological polar surface area (TPSA) is 10.9 Å². The fourth-order valence-electron chi connectivity index (χ4n) is 12.9. The van der Waals surface area contributed by atoms with Gasteiger partial charge in [-0.3, -0.25) is 0 Å². The highest BCUT2D eigenvalue weighted by molar-refractivity contribution is 7.33. The molecule has 0 atom stereocenters. The minimum atomic E-state index is -0.107. The Morgan fingerprint density at radius 3 is 1.76 bits per heavy atom. The van der Waals surface area contributed by atoms with Crippen molar-refractivity contribution in [3.63, 3.8) is 0 Å². The van der Waals surface area contributed by atoms with Crippen LogP contribution < -0.4 is 25.5 Å². The zero-order chi connectivity index (χ0) is 48.1. The normalized spacial score (nSPS) is 15.1. The molecule has 0 unspecified atom stereocenters. The summed E-state index contributed by atoms with van der Waals surface area (Å²) in [6, 6.07) is 59.3. The van der Waals surface area contributed by atoms with Crippen molar-refractivity contribution in [1.82, 2.24) is 4.40 Å². The van der Waals surface area contributed by atoms with Crippen LogP contribution in [-0.2, 0) is 21.7 Å². The highest BCUT2D eigenvalue weighted by Crippen LogP contribution is 2.56. The lowest BCUT2D eigenvalue weighted by molar-refractivity contribution is 0.590. The molecule has 0 saturated carbocycles. The van der Waals surface area contributed by atoms with Crippen LogP contribution in [0.5, 0.6) is 0 Å². The van der Waals surface area contributed by atoms with E-state index in [1.165, 1.54) is 137 Å². The van der Waals surface area contributed by atoms with Crippen molar-refractivity contribution in [2.45, 2.75) is 97.8 Å². The largest absolute Gasteiger partial charge is 0.311 e. The van der Waals surface area contributed by atoms with Gasteiger partial charge in [-0.15, -0.1) is 11.3 Å². The van der Waals surface area contributed by atoms with E-state index in [1.807, 2.05) is 11.3 Å². The molecule has 14 rings (SSSR count). The van der Waals surface area contributed by atoms with Crippen molar-refractivity contribution in [2.24, 2.45) is 0 Å². The van der Waals surface area contributed by atoms with Crippen LogP contribution in [0.2, 0.25) is 0 Å². The van der Waals surface area contributed by atoms with E-state index >= 15 is 0 Å². The van der Waals surface area contributed by atoms with Gasteiger partial charge in [-0.1, -0.05) is 173 Å². The van der Waals surface area contributed by atoms with Crippen LogP contribution in [0.3, 0.4) is 0 Å². The maximum atomic E-state index is 2.68. The Kier molecular flexibility index (Phi) is 8.26. The fraction of sp³-hybridized carbons (Fsp3) is 0.231. The standard InChI is InChI=1S/C65H58BN3S/c1-62(2,3)37-23-28-40(29-24-37)67-52-32-27-39(64(7,8)9)33-50(52)66-57-54(36-53-56(60(57)67)45-20-16-19-44-43-18-13-15-22-51(43)69(53)58(44)45)68(41-30-25-38(26-31-41)63(4,5)6)59-47-34-46-42-17-12-14-21-48(42)65(10,11)49(46)35-55(47)70-61(59)66/h12-36H,1-11H3. The summed E-state index contributed by atoms with van der Waals surface area (Å²) in [5, 5.41) is 6.53. The molecule has 342 valence electrons. The first-order valence-electron chi connectivity index (χ1n) is 25.3. The summed E-state index contributed by atoms with van der Waals surface area (Å²) in [4.78, 5) is 5.34. The molecule has 0 fully saturated rings. The molecule has 0 amide bonds. The summed E-state index contributed by atoms with van der Waals surface area (Å²) in [6.45, 7) is 25.8. The number of para-hydroxylation sites is 2. The Balaban J connectivity index is 1.18. The summed E-state index contributed by atoms with van der Waals surface area (Å²) in [7, 11) is 0. The number of rotatable bonds is 2. The van der Waals surface area contributed by atoms with Crippen LogP contribution in [0.1, 0.15) is 104 Å². The van der Waals surface area contributed by atoms with E-state index in [4.69, 9.17) is 0 Å². The number of aromatic nitrogens is 1. The highest BCUT2D eigenvalue weighted by Gasteiger charge is 2.48. The average molecular weight is 924 g/mol. The van der Waals surface area contributed by atoms with E-state index < -0.39 is 0 Å². The van der Waals surface area contributed by atoms with Gasteiger partial charge in [-0.25, -0.2) is 0 Å². The molecule has 3 aliphatic rings. The molecule has 0 radical (unpaired) electrons. The van der Waals surface area contributed by atoms with E-state index in [-0.39, 0.29) is 28.4 Å². The minimum absolute atomic E-state index is 0.0127. The van der Waals surface area contributed by atoms with Crippen molar-refractivity contribution >= 4 is 116 Å². The maximum absolute atomic E-state index is 2.68. The monoisotopic (exact) mass is 923 g/mol. The van der Waals surface area contributed by atoms with Crippen LogP contribution in [0.4, 0.5) is 34.1 Å². The molecule has 3 nitrogen and oxygen atoms in total.